The quantitative estimate of drug-likeness (QED) is 0.520. The van der Waals surface area contributed by atoms with Crippen molar-refractivity contribution in [1.82, 2.24) is 10.6 Å². The highest BCUT2D eigenvalue weighted by molar-refractivity contribution is 6.08. The van der Waals surface area contributed by atoms with Gasteiger partial charge >= 0.3 is 0 Å². The molecule has 3 aromatic rings. The molecule has 5 rings (SSSR count). The molecule has 3 N–H and O–H groups in total. The van der Waals surface area contributed by atoms with E-state index in [1.165, 1.54) is 0 Å². The predicted octanol–water partition coefficient (Wildman–Crippen LogP) is 2.92. The van der Waals surface area contributed by atoms with E-state index < -0.39 is 0 Å². The van der Waals surface area contributed by atoms with E-state index in [9.17, 15) is 9.59 Å². The third-order valence-electron chi connectivity index (χ3n) is 5.99. The number of carbonyl (C=O) groups excluding carboxylic acids is 2. The highest BCUT2D eigenvalue weighted by Crippen LogP contribution is 2.18. The molecule has 2 amide bonds. The van der Waals surface area contributed by atoms with Crippen LogP contribution in [-0.4, -0.2) is 56.7 Å². The Bertz CT molecular complexity index is 1300. The third kappa shape index (κ3) is 4.91. The van der Waals surface area contributed by atoms with Gasteiger partial charge in [-0.3, -0.25) is 19.6 Å². The fourth-order valence-corrected chi connectivity index (χ4v) is 4.02. The predicted molar refractivity (Wildman–Crippen MR) is 139 cm³/mol. The van der Waals surface area contributed by atoms with Gasteiger partial charge in [0.1, 0.15) is 11.7 Å². The molecule has 0 aromatic heterocycles. The Morgan fingerprint density at radius 1 is 0.743 bits per heavy atom. The lowest BCUT2D eigenvalue weighted by Crippen LogP contribution is -2.26. The largest absolute Gasteiger partial charge is 0.368 e. The van der Waals surface area contributed by atoms with Crippen LogP contribution in [0.1, 0.15) is 31.8 Å². The first kappa shape index (κ1) is 22.3. The number of hydrogen-bond donors (Lipinski definition) is 3. The molecule has 0 bridgehead atoms. The molecule has 2 aliphatic heterocycles. The molecular weight excluding hydrogens is 440 g/mol. The Morgan fingerprint density at radius 3 is 1.77 bits per heavy atom. The Hall–Kier alpha value is -4.46. The summed E-state index contributed by atoms with van der Waals surface area (Å²) in [4.78, 5) is 36.1. The molecule has 3 aromatic carbocycles. The molecule has 0 radical (unpaired) electrons. The summed E-state index contributed by atoms with van der Waals surface area (Å²) < 4.78 is 0. The second-order valence-corrected chi connectivity index (χ2v) is 8.33. The van der Waals surface area contributed by atoms with Crippen LogP contribution in [0.25, 0.3) is 0 Å². The van der Waals surface area contributed by atoms with Crippen LogP contribution >= 0.6 is 0 Å². The molecule has 0 unspecified atom stereocenters. The second-order valence-electron chi connectivity index (χ2n) is 8.33. The van der Waals surface area contributed by atoms with Crippen molar-refractivity contribution in [2.75, 3.05) is 43.4 Å². The summed E-state index contributed by atoms with van der Waals surface area (Å²) in [5, 5.41) is 9.37. The fraction of sp³-hybridized carbons (Fsp3) is 0.185. The van der Waals surface area contributed by atoms with Crippen LogP contribution in [0.3, 0.4) is 0 Å². The molecular formula is C27H26N6O2. The smallest absolute Gasteiger partial charge is 0.258 e. The van der Waals surface area contributed by atoms with Gasteiger partial charge in [0.25, 0.3) is 11.8 Å². The van der Waals surface area contributed by atoms with Crippen molar-refractivity contribution in [2.45, 2.75) is 0 Å². The number of anilines is 2. The minimum absolute atomic E-state index is 0.153. The number of nitrogens with zero attached hydrogens (tertiary/aromatic N) is 3. The Balaban J connectivity index is 1.21. The zero-order valence-electron chi connectivity index (χ0n) is 19.4. The number of carbonyl (C=O) groups is 2. The molecule has 0 aliphatic carbocycles. The molecule has 0 fully saturated rings. The van der Waals surface area contributed by atoms with Crippen LogP contribution in [-0.2, 0) is 0 Å². The minimum Gasteiger partial charge on any atom is -0.368 e. The van der Waals surface area contributed by atoms with Crippen molar-refractivity contribution >= 4 is 34.9 Å². The second kappa shape index (κ2) is 9.80. The van der Waals surface area contributed by atoms with Crippen LogP contribution < -0.4 is 20.9 Å². The summed E-state index contributed by atoms with van der Waals surface area (Å²) in [6, 6.07) is 21.9. The zero-order chi connectivity index (χ0) is 24.2. The Morgan fingerprint density at radius 2 is 1.26 bits per heavy atom. The molecule has 176 valence electrons. The fourth-order valence-electron chi connectivity index (χ4n) is 4.02. The first-order valence-corrected chi connectivity index (χ1v) is 11.6. The average Bonchev–Trinajstić information content (AvgIpc) is 3.64. The number of nitrogens with one attached hydrogen (secondary N) is 3. The van der Waals surface area contributed by atoms with Crippen LogP contribution in [0.4, 0.5) is 11.4 Å². The summed E-state index contributed by atoms with van der Waals surface area (Å²) in [7, 11) is 1.74. The van der Waals surface area contributed by atoms with Gasteiger partial charge in [0, 0.05) is 53.8 Å². The van der Waals surface area contributed by atoms with Gasteiger partial charge in [-0.05, 0) is 72.8 Å². The normalized spacial score (nSPS) is 14.4. The Labute approximate surface area is 203 Å². The monoisotopic (exact) mass is 466 g/mol. The van der Waals surface area contributed by atoms with Crippen LogP contribution in [0.2, 0.25) is 0 Å². The highest BCUT2D eigenvalue weighted by atomic mass is 16.2. The standard InChI is InChI=1S/C27H26N6O2/c1-33(23-12-8-19(9-13-23)25-30-16-17-31-25)27(35)21-4-2-20(3-5-21)26(34)32-22-10-6-18(7-11-22)24-28-14-15-29-24/h2-13H,14-17H2,1H3,(H,28,29)(H,30,31)(H,32,34). The number of amides is 2. The van der Waals surface area contributed by atoms with Crippen molar-refractivity contribution in [2.24, 2.45) is 9.98 Å². The topological polar surface area (TPSA) is 98.2 Å². The number of rotatable bonds is 6. The molecule has 0 spiro atoms. The van der Waals surface area contributed by atoms with E-state index in [2.05, 4.69) is 25.9 Å². The number of hydrogen-bond acceptors (Lipinski definition) is 6. The molecule has 0 saturated carbocycles. The number of benzene rings is 3. The lowest BCUT2D eigenvalue weighted by molar-refractivity contribution is 0.0989. The van der Waals surface area contributed by atoms with E-state index in [0.717, 1.165) is 54.7 Å². The first-order chi connectivity index (χ1) is 17.1. The number of amidine groups is 2. The van der Waals surface area contributed by atoms with Gasteiger partial charge in [0.05, 0.1) is 13.1 Å². The maximum atomic E-state index is 13.0. The van der Waals surface area contributed by atoms with Crippen LogP contribution in [0, 0.1) is 0 Å². The molecule has 2 aliphatic rings. The molecule has 8 nitrogen and oxygen atoms in total. The van der Waals surface area contributed by atoms with Crippen molar-refractivity contribution in [3.05, 3.63) is 95.1 Å². The summed E-state index contributed by atoms with van der Waals surface area (Å²) >= 11 is 0. The summed E-state index contributed by atoms with van der Waals surface area (Å²) in [6.07, 6.45) is 0. The lowest BCUT2D eigenvalue weighted by Gasteiger charge is -2.18. The van der Waals surface area contributed by atoms with Gasteiger partial charge < -0.3 is 20.9 Å². The maximum absolute atomic E-state index is 13.0. The summed E-state index contributed by atoms with van der Waals surface area (Å²) in [5.41, 5.74) is 4.45. The maximum Gasteiger partial charge on any atom is 0.258 e. The van der Waals surface area contributed by atoms with Crippen LogP contribution in [0.5, 0.6) is 0 Å². The van der Waals surface area contributed by atoms with Crippen molar-refractivity contribution in [3.8, 4) is 0 Å². The van der Waals surface area contributed by atoms with Crippen molar-refractivity contribution in [1.29, 1.82) is 0 Å². The first-order valence-electron chi connectivity index (χ1n) is 11.6. The van der Waals surface area contributed by atoms with Gasteiger partial charge in [0.2, 0.25) is 0 Å². The van der Waals surface area contributed by atoms with E-state index in [0.29, 0.717) is 16.8 Å². The van der Waals surface area contributed by atoms with E-state index in [-0.39, 0.29) is 11.8 Å². The van der Waals surface area contributed by atoms with E-state index >= 15 is 0 Å². The van der Waals surface area contributed by atoms with E-state index in [4.69, 9.17) is 0 Å². The van der Waals surface area contributed by atoms with Crippen molar-refractivity contribution < 1.29 is 9.59 Å². The van der Waals surface area contributed by atoms with Gasteiger partial charge in [-0.2, -0.15) is 0 Å². The van der Waals surface area contributed by atoms with E-state index in [1.807, 2.05) is 48.5 Å². The third-order valence-corrected chi connectivity index (χ3v) is 5.99. The van der Waals surface area contributed by atoms with Gasteiger partial charge in [-0.1, -0.05) is 0 Å². The van der Waals surface area contributed by atoms with Gasteiger partial charge in [-0.25, -0.2) is 0 Å². The lowest BCUT2D eigenvalue weighted by atomic mass is 10.1. The SMILES string of the molecule is CN(C(=O)c1ccc(C(=O)Nc2ccc(C3=NCCN3)cc2)cc1)c1ccc(C2=NCCN2)cc1. The van der Waals surface area contributed by atoms with Gasteiger partial charge in [0.15, 0.2) is 0 Å². The minimum atomic E-state index is -0.236. The van der Waals surface area contributed by atoms with E-state index in [1.54, 1.807) is 36.2 Å². The molecule has 35 heavy (non-hydrogen) atoms. The molecule has 0 atom stereocenters. The average molecular weight is 467 g/mol. The molecule has 0 saturated heterocycles. The van der Waals surface area contributed by atoms with Crippen LogP contribution in [0.15, 0.2) is 82.8 Å². The summed E-state index contributed by atoms with van der Waals surface area (Å²) in [5.74, 6) is 1.38. The van der Waals surface area contributed by atoms with Gasteiger partial charge in [-0.15, -0.1) is 0 Å². The number of aliphatic imine (C=N–C) groups is 2. The summed E-state index contributed by atoms with van der Waals surface area (Å²) in [6.45, 7) is 3.26. The Kier molecular flexibility index (Phi) is 6.26. The molecule has 2 heterocycles. The molecule has 8 heteroatoms. The highest BCUT2D eigenvalue weighted by Gasteiger charge is 2.16. The van der Waals surface area contributed by atoms with Crippen molar-refractivity contribution in [3.63, 3.8) is 0 Å². The zero-order valence-corrected chi connectivity index (χ0v) is 19.4.